The lowest BCUT2D eigenvalue weighted by Crippen LogP contribution is -1.94. The van der Waals surface area contributed by atoms with E-state index in [0.29, 0.717) is 27.4 Å². The minimum absolute atomic E-state index is 0.330. The molecular formula is C9H7Cl3O. The van der Waals surface area contributed by atoms with E-state index in [9.17, 15) is 0 Å². The molecule has 1 nitrogen and oxygen atoms in total. The van der Waals surface area contributed by atoms with Crippen molar-refractivity contribution in [3.05, 3.63) is 39.9 Å². The average Bonchev–Trinajstić information content (AvgIpc) is 2.12. The molecule has 0 heterocycles. The molecule has 0 fully saturated rings. The molecule has 0 saturated heterocycles. The quantitative estimate of drug-likeness (QED) is 0.565. The minimum Gasteiger partial charge on any atom is -0.486 e. The maximum absolute atomic E-state index is 5.86. The number of benzene rings is 1. The topological polar surface area (TPSA) is 9.23 Å². The van der Waals surface area contributed by atoms with Crippen LogP contribution in [0, 0.1) is 0 Å². The Morgan fingerprint density at radius 3 is 2.46 bits per heavy atom. The zero-order valence-corrected chi connectivity index (χ0v) is 8.96. The Morgan fingerprint density at radius 2 is 1.85 bits per heavy atom. The lowest BCUT2D eigenvalue weighted by Gasteiger charge is -2.08. The van der Waals surface area contributed by atoms with Gasteiger partial charge in [-0.1, -0.05) is 47.5 Å². The van der Waals surface area contributed by atoms with Crippen molar-refractivity contribution in [2.24, 2.45) is 0 Å². The summed E-state index contributed by atoms with van der Waals surface area (Å²) in [6, 6.07) is 3.25. The summed E-state index contributed by atoms with van der Waals surface area (Å²) in [7, 11) is 0. The van der Waals surface area contributed by atoms with Crippen LogP contribution in [0.1, 0.15) is 0 Å². The number of halogens is 3. The predicted octanol–water partition coefficient (Wildman–Crippen LogP) is 4.21. The van der Waals surface area contributed by atoms with Gasteiger partial charge in [0, 0.05) is 0 Å². The third-order valence-corrected chi connectivity index (χ3v) is 2.43. The third-order valence-electron chi connectivity index (χ3n) is 1.35. The van der Waals surface area contributed by atoms with Gasteiger partial charge in [0.15, 0.2) is 5.75 Å². The molecule has 1 aromatic rings. The summed E-state index contributed by atoms with van der Waals surface area (Å²) in [6.45, 7) is 3.86. The van der Waals surface area contributed by atoms with Gasteiger partial charge < -0.3 is 4.74 Å². The van der Waals surface area contributed by atoms with Crippen LogP contribution in [0.25, 0.3) is 0 Å². The predicted molar refractivity (Wildman–Crippen MR) is 57.2 cm³/mol. The molecule has 70 valence electrons. The molecule has 0 atom stereocenters. The van der Waals surface area contributed by atoms with E-state index in [4.69, 9.17) is 39.5 Å². The van der Waals surface area contributed by atoms with Crippen LogP contribution in [0.5, 0.6) is 5.75 Å². The first-order valence-corrected chi connectivity index (χ1v) is 4.67. The Hall–Kier alpha value is -0.370. The molecular weight excluding hydrogens is 230 g/mol. The van der Waals surface area contributed by atoms with Gasteiger partial charge in [-0.3, -0.25) is 0 Å². The molecule has 0 unspecified atom stereocenters. The summed E-state index contributed by atoms with van der Waals surface area (Å²) >= 11 is 17.5. The molecule has 13 heavy (non-hydrogen) atoms. The lowest BCUT2D eigenvalue weighted by molar-refractivity contribution is 0.363. The van der Waals surface area contributed by atoms with E-state index >= 15 is 0 Å². The zero-order chi connectivity index (χ0) is 9.84. The zero-order valence-electron chi connectivity index (χ0n) is 6.69. The fourth-order valence-electron chi connectivity index (χ4n) is 0.783. The van der Waals surface area contributed by atoms with Crippen LogP contribution in [0.4, 0.5) is 0 Å². The largest absolute Gasteiger partial charge is 0.486 e. The van der Waals surface area contributed by atoms with E-state index < -0.39 is 0 Å². The van der Waals surface area contributed by atoms with Gasteiger partial charge in [0.05, 0.1) is 10.0 Å². The Balaban J connectivity index is 3.02. The van der Waals surface area contributed by atoms with Gasteiger partial charge in [0.2, 0.25) is 0 Å². The van der Waals surface area contributed by atoms with Crippen molar-refractivity contribution >= 4 is 34.8 Å². The Labute approximate surface area is 91.9 Å². The first-order valence-electron chi connectivity index (χ1n) is 3.54. The number of hydrogen-bond donors (Lipinski definition) is 0. The van der Waals surface area contributed by atoms with Gasteiger partial charge in [0.1, 0.15) is 11.6 Å². The summed E-state index contributed by atoms with van der Waals surface area (Å²) in [4.78, 5) is 0. The molecule has 0 aromatic heterocycles. The van der Waals surface area contributed by atoms with Gasteiger partial charge in [-0.15, -0.1) is 0 Å². The highest BCUT2D eigenvalue weighted by Gasteiger charge is 2.09. The van der Waals surface area contributed by atoms with Crippen LogP contribution in [0.2, 0.25) is 15.1 Å². The van der Waals surface area contributed by atoms with Crippen LogP contribution in [-0.2, 0) is 0 Å². The van der Waals surface area contributed by atoms with Crippen molar-refractivity contribution in [1.29, 1.82) is 0 Å². The van der Waals surface area contributed by atoms with Gasteiger partial charge >= 0.3 is 0 Å². The highest BCUT2D eigenvalue weighted by Crippen LogP contribution is 2.37. The SMILES string of the molecule is C=CCOc1c(Cl)ccc(Cl)c1Cl. The molecule has 0 aliphatic heterocycles. The summed E-state index contributed by atoms with van der Waals surface area (Å²) in [5, 5.41) is 1.19. The average molecular weight is 238 g/mol. The fourth-order valence-corrected chi connectivity index (χ4v) is 1.41. The van der Waals surface area contributed by atoms with Crippen LogP contribution in [-0.4, -0.2) is 6.61 Å². The van der Waals surface area contributed by atoms with Crippen LogP contribution < -0.4 is 4.74 Å². The van der Waals surface area contributed by atoms with E-state index in [0.717, 1.165) is 0 Å². The first-order chi connectivity index (χ1) is 6.16. The van der Waals surface area contributed by atoms with Crippen molar-refractivity contribution < 1.29 is 4.74 Å². The van der Waals surface area contributed by atoms with Gasteiger partial charge in [-0.05, 0) is 12.1 Å². The second-order valence-corrected chi connectivity index (χ2v) is 3.46. The van der Waals surface area contributed by atoms with E-state index in [1.807, 2.05) is 0 Å². The van der Waals surface area contributed by atoms with Gasteiger partial charge in [-0.25, -0.2) is 0 Å². The van der Waals surface area contributed by atoms with Crippen molar-refractivity contribution in [3.8, 4) is 5.75 Å². The van der Waals surface area contributed by atoms with E-state index in [2.05, 4.69) is 6.58 Å². The maximum atomic E-state index is 5.86. The summed E-state index contributed by atoms with van der Waals surface area (Å²) < 4.78 is 5.23. The Kier molecular flexibility index (Phi) is 3.91. The van der Waals surface area contributed by atoms with Crippen LogP contribution >= 0.6 is 34.8 Å². The molecule has 1 rings (SSSR count). The molecule has 0 saturated carbocycles. The monoisotopic (exact) mass is 236 g/mol. The molecule has 0 aliphatic rings. The molecule has 0 radical (unpaired) electrons. The van der Waals surface area contributed by atoms with E-state index in [1.54, 1.807) is 18.2 Å². The number of ether oxygens (including phenoxy) is 1. The normalized spacial score (nSPS) is 9.77. The first kappa shape index (κ1) is 10.7. The second kappa shape index (κ2) is 4.75. The molecule has 4 heteroatoms. The van der Waals surface area contributed by atoms with Crippen LogP contribution in [0.3, 0.4) is 0 Å². The van der Waals surface area contributed by atoms with Crippen LogP contribution in [0.15, 0.2) is 24.8 Å². The Morgan fingerprint density at radius 1 is 1.23 bits per heavy atom. The molecule has 0 aliphatic carbocycles. The highest BCUT2D eigenvalue weighted by molar-refractivity contribution is 6.44. The van der Waals surface area contributed by atoms with Gasteiger partial charge in [-0.2, -0.15) is 0 Å². The van der Waals surface area contributed by atoms with E-state index in [1.165, 1.54) is 0 Å². The smallest absolute Gasteiger partial charge is 0.158 e. The third kappa shape index (κ3) is 2.53. The van der Waals surface area contributed by atoms with E-state index in [-0.39, 0.29) is 0 Å². The highest BCUT2D eigenvalue weighted by atomic mass is 35.5. The molecule has 0 N–H and O–H groups in total. The standard InChI is InChI=1S/C9H7Cl3O/c1-2-5-13-9-7(11)4-3-6(10)8(9)12/h2-4H,1,5H2. The number of rotatable bonds is 3. The summed E-state index contributed by atoms with van der Waals surface area (Å²) in [5.41, 5.74) is 0. The van der Waals surface area contributed by atoms with Gasteiger partial charge in [0.25, 0.3) is 0 Å². The molecule has 1 aromatic carbocycles. The van der Waals surface area contributed by atoms with Crippen molar-refractivity contribution in [1.82, 2.24) is 0 Å². The maximum Gasteiger partial charge on any atom is 0.158 e. The van der Waals surface area contributed by atoms with Crippen molar-refractivity contribution in [3.63, 3.8) is 0 Å². The fraction of sp³-hybridized carbons (Fsp3) is 0.111. The lowest BCUT2D eigenvalue weighted by atomic mass is 10.3. The molecule has 0 bridgehead atoms. The number of hydrogen-bond acceptors (Lipinski definition) is 1. The summed E-state index contributed by atoms with van der Waals surface area (Å²) in [5.74, 6) is 0.399. The molecule has 0 amide bonds. The molecule has 0 spiro atoms. The Bertz CT molecular complexity index is 323. The second-order valence-electron chi connectivity index (χ2n) is 2.27. The van der Waals surface area contributed by atoms with Crippen molar-refractivity contribution in [2.75, 3.05) is 6.61 Å². The minimum atomic E-state index is 0.330. The van der Waals surface area contributed by atoms with Crippen molar-refractivity contribution in [2.45, 2.75) is 0 Å². The summed E-state index contributed by atoms with van der Waals surface area (Å²) in [6.07, 6.45) is 1.60.